The summed E-state index contributed by atoms with van der Waals surface area (Å²) < 4.78 is 16.5. The molecule has 4 heterocycles. The van der Waals surface area contributed by atoms with E-state index in [1.165, 1.54) is 23.0 Å². The summed E-state index contributed by atoms with van der Waals surface area (Å²) in [6.45, 7) is 1.63. The lowest BCUT2D eigenvalue weighted by Crippen LogP contribution is -2.43. The highest BCUT2D eigenvalue weighted by atomic mass is 19.1. The van der Waals surface area contributed by atoms with Gasteiger partial charge in [-0.3, -0.25) is 14.2 Å². The molecule has 0 spiro atoms. The van der Waals surface area contributed by atoms with Crippen LogP contribution in [0.25, 0.3) is 5.69 Å². The van der Waals surface area contributed by atoms with Gasteiger partial charge in [0.05, 0.1) is 12.5 Å². The number of aryl methyl sites for hydroxylation is 1. The molecule has 2 aliphatic heterocycles. The minimum atomic E-state index is -0.348. The summed E-state index contributed by atoms with van der Waals surface area (Å²) in [4.78, 5) is 31.7. The first kappa shape index (κ1) is 17.8. The number of halogens is 1. The molecular formula is C21H20FN5O2. The molecule has 0 N–H and O–H groups in total. The average molecular weight is 393 g/mol. The zero-order valence-corrected chi connectivity index (χ0v) is 15.8. The largest absolute Gasteiger partial charge is 0.338 e. The van der Waals surface area contributed by atoms with Crippen molar-refractivity contribution in [3.63, 3.8) is 0 Å². The van der Waals surface area contributed by atoms with E-state index in [4.69, 9.17) is 0 Å². The van der Waals surface area contributed by atoms with E-state index in [1.807, 2.05) is 9.58 Å². The summed E-state index contributed by atoms with van der Waals surface area (Å²) in [6, 6.07) is 7.44. The van der Waals surface area contributed by atoms with Gasteiger partial charge in [0.25, 0.3) is 5.56 Å². The highest BCUT2D eigenvalue weighted by Crippen LogP contribution is 2.24. The summed E-state index contributed by atoms with van der Waals surface area (Å²) in [7, 11) is 0. The van der Waals surface area contributed by atoms with E-state index in [1.54, 1.807) is 24.4 Å². The van der Waals surface area contributed by atoms with Crippen molar-refractivity contribution in [2.75, 3.05) is 6.54 Å². The molecule has 1 aromatic carbocycles. The highest BCUT2D eigenvalue weighted by Gasteiger charge is 2.31. The maximum Gasteiger partial charge on any atom is 0.255 e. The van der Waals surface area contributed by atoms with Crippen molar-refractivity contribution in [3.05, 3.63) is 76.0 Å². The summed E-state index contributed by atoms with van der Waals surface area (Å²) in [5, 5.41) is 4.20. The monoisotopic (exact) mass is 393 g/mol. The Labute approximate surface area is 166 Å². The summed E-state index contributed by atoms with van der Waals surface area (Å²) in [6.07, 6.45) is 5.50. The van der Waals surface area contributed by atoms with Gasteiger partial charge in [-0.1, -0.05) is 0 Å². The van der Waals surface area contributed by atoms with E-state index in [2.05, 4.69) is 10.1 Å². The molecule has 0 aliphatic carbocycles. The van der Waals surface area contributed by atoms with E-state index in [-0.39, 0.29) is 23.2 Å². The number of hydrogen-bond acceptors (Lipinski definition) is 4. The van der Waals surface area contributed by atoms with Gasteiger partial charge in [-0.25, -0.2) is 14.1 Å². The van der Waals surface area contributed by atoms with Crippen molar-refractivity contribution in [1.82, 2.24) is 24.2 Å². The van der Waals surface area contributed by atoms with Gasteiger partial charge in [0.2, 0.25) is 5.91 Å². The van der Waals surface area contributed by atoms with Crippen molar-refractivity contribution < 1.29 is 9.18 Å². The molecule has 2 aliphatic rings. The van der Waals surface area contributed by atoms with Crippen LogP contribution in [-0.4, -0.2) is 36.7 Å². The van der Waals surface area contributed by atoms with Crippen molar-refractivity contribution >= 4 is 5.91 Å². The first-order valence-corrected chi connectivity index (χ1v) is 9.74. The van der Waals surface area contributed by atoms with Gasteiger partial charge in [-0.05, 0) is 48.2 Å². The second-order valence-electron chi connectivity index (χ2n) is 7.61. The number of carbonyl (C=O) groups excluding carboxylic acids is 1. The molecule has 7 nitrogen and oxygen atoms in total. The number of carbonyl (C=O) groups is 1. The van der Waals surface area contributed by atoms with Crippen molar-refractivity contribution in [3.8, 4) is 5.69 Å². The lowest BCUT2D eigenvalue weighted by atomic mass is 9.95. The van der Waals surface area contributed by atoms with Crippen LogP contribution in [0.1, 0.15) is 23.4 Å². The Balaban J connectivity index is 1.39. The Morgan fingerprint density at radius 1 is 1.14 bits per heavy atom. The number of aromatic nitrogens is 4. The molecule has 29 heavy (non-hydrogen) atoms. The zero-order chi connectivity index (χ0) is 20.0. The zero-order valence-electron chi connectivity index (χ0n) is 15.8. The van der Waals surface area contributed by atoms with Gasteiger partial charge >= 0.3 is 0 Å². The van der Waals surface area contributed by atoms with Crippen molar-refractivity contribution in [1.29, 1.82) is 0 Å². The Morgan fingerprint density at radius 2 is 1.97 bits per heavy atom. The summed E-state index contributed by atoms with van der Waals surface area (Å²) in [5.41, 5.74) is 2.38. The highest BCUT2D eigenvalue weighted by molar-refractivity contribution is 5.79. The fourth-order valence-electron chi connectivity index (χ4n) is 4.22. The van der Waals surface area contributed by atoms with Crippen molar-refractivity contribution in [2.24, 2.45) is 5.92 Å². The van der Waals surface area contributed by atoms with E-state index in [9.17, 15) is 14.0 Å². The maximum absolute atomic E-state index is 13.2. The molecule has 1 atom stereocenters. The number of rotatable bonds is 2. The van der Waals surface area contributed by atoms with Crippen LogP contribution in [0.2, 0.25) is 0 Å². The van der Waals surface area contributed by atoms with Crippen LogP contribution < -0.4 is 5.56 Å². The van der Waals surface area contributed by atoms with Crippen LogP contribution in [0.15, 0.2) is 47.7 Å². The number of fused-ring (bicyclic) bond motifs is 2. The Morgan fingerprint density at radius 3 is 2.79 bits per heavy atom. The molecular weight excluding hydrogens is 373 g/mol. The number of pyridine rings is 1. The summed E-state index contributed by atoms with van der Waals surface area (Å²) in [5.74, 6) is 0.603. The van der Waals surface area contributed by atoms with Gasteiger partial charge in [0.1, 0.15) is 18.0 Å². The number of amides is 1. The fourth-order valence-corrected chi connectivity index (χ4v) is 4.22. The van der Waals surface area contributed by atoms with E-state index >= 15 is 0 Å². The maximum atomic E-state index is 13.2. The first-order valence-electron chi connectivity index (χ1n) is 9.74. The Hall–Kier alpha value is -3.29. The average Bonchev–Trinajstić information content (AvgIpc) is 3.21. The van der Waals surface area contributed by atoms with E-state index in [0.717, 1.165) is 29.8 Å². The van der Waals surface area contributed by atoms with Crippen molar-refractivity contribution in [2.45, 2.75) is 32.4 Å². The van der Waals surface area contributed by atoms with Crippen LogP contribution in [0.3, 0.4) is 0 Å². The van der Waals surface area contributed by atoms with Gasteiger partial charge < -0.3 is 4.90 Å². The fraction of sp³-hybridized carbons (Fsp3) is 0.333. The number of hydrogen-bond donors (Lipinski definition) is 0. The number of nitrogens with zero attached hydrogens (tertiary/aromatic N) is 5. The van der Waals surface area contributed by atoms with Crippen LogP contribution in [0, 0.1) is 11.7 Å². The third-order valence-electron chi connectivity index (χ3n) is 5.82. The van der Waals surface area contributed by atoms with Crippen LogP contribution in [0.5, 0.6) is 0 Å². The van der Waals surface area contributed by atoms with Crippen LogP contribution in [0.4, 0.5) is 4.39 Å². The third-order valence-corrected chi connectivity index (χ3v) is 5.82. The topological polar surface area (TPSA) is 73.0 Å². The molecule has 2 aromatic heterocycles. The van der Waals surface area contributed by atoms with Crippen LogP contribution in [-0.2, 0) is 30.7 Å². The Bertz CT molecular complexity index is 1130. The van der Waals surface area contributed by atoms with Gasteiger partial charge in [0.15, 0.2) is 0 Å². The van der Waals surface area contributed by atoms with Gasteiger partial charge in [0, 0.05) is 37.5 Å². The van der Waals surface area contributed by atoms with Gasteiger partial charge in [-0.15, -0.1) is 0 Å². The SMILES string of the molecule is O=C(C1CCc2ncnn2C1)N1CCc2cc(=O)n(-c3ccc(F)cc3)cc2C1. The molecule has 148 valence electrons. The first-order chi connectivity index (χ1) is 14.1. The minimum Gasteiger partial charge on any atom is -0.338 e. The number of benzene rings is 1. The third kappa shape index (κ3) is 3.24. The molecule has 8 heteroatoms. The lowest BCUT2D eigenvalue weighted by molar-refractivity contribution is -0.137. The summed E-state index contributed by atoms with van der Waals surface area (Å²) >= 11 is 0. The molecule has 3 aromatic rings. The molecule has 0 saturated carbocycles. The van der Waals surface area contributed by atoms with Crippen LogP contribution >= 0.6 is 0 Å². The predicted molar refractivity (Wildman–Crippen MR) is 103 cm³/mol. The predicted octanol–water partition coefficient (Wildman–Crippen LogP) is 1.72. The molecule has 0 radical (unpaired) electrons. The lowest BCUT2D eigenvalue weighted by Gasteiger charge is -2.33. The quantitative estimate of drug-likeness (QED) is 0.665. The normalized spacial score (nSPS) is 18.2. The standard InChI is InChI=1S/C21H20FN5O2/c22-17-2-4-18(5-3-17)26-11-16-10-25(8-7-14(16)9-20(26)28)21(29)15-1-6-19-23-13-24-27(19)12-15/h2-5,9,11,13,15H,1,6-8,10,12H2. The molecule has 1 amide bonds. The molecule has 1 unspecified atom stereocenters. The molecule has 0 fully saturated rings. The smallest absolute Gasteiger partial charge is 0.255 e. The molecule has 0 bridgehead atoms. The van der Waals surface area contributed by atoms with E-state index < -0.39 is 0 Å². The molecule has 5 rings (SSSR count). The molecule has 0 saturated heterocycles. The second kappa shape index (κ2) is 6.95. The van der Waals surface area contributed by atoms with E-state index in [0.29, 0.717) is 31.7 Å². The Kier molecular flexibility index (Phi) is 4.26. The van der Waals surface area contributed by atoms with Gasteiger partial charge in [-0.2, -0.15) is 5.10 Å². The minimum absolute atomic E-state index is 0.103. The second-order valence-corrected chi connectivity index (χ2v) is 7.61.